The Balaban J connectivity index is 1.68. The molecule has 0 bridgehead atoms. The molecule has 1 aliphatic rings. The fraction of sp³-hybridized carbons (Fsp3) is 0.333. The number of benzene rings is 2. The lowest BCUT2D eigenvalue weighted by Gasteiger charge is -2.32. The van der Waals surface area contributed by atoms with E-state index < -0.39 is 5.91 Å². The van der Waals surface area contributed by atoms with E-state index in [1.54, 1.807) is 33.4 Å². The van der Waals surface area contributed by atoms with E-state index in [9.17, 15) is 4.79 Å². The predicted molar refractivity (Wildman–Crippen MR) is 109 cm³/mol. The Morgan fingerprint density at radius 3 is 2.36 bits per heavy atom. The maximum Gasteiger partial charge on any atom is 0.248 e. The quantitative estimate of drug-likeness (QED) is 0.609. The van der Waals surface area contributed by atoms with Crippen molar-refractivity contribution >= 4 is 11.9 Å². The minimum atomic E-state index is -0.422. The van der Waals surface area contributed by atoms with Gasteiger partial charge >= 0.3 is 0 Å². The lowest BCUT2D eigenvalue weighted by Crippen LogP contribution is -2.43. The van der Waals surface area contributed by atoms with Gasteiger partial charge in [0.1, 0.15) is 0 Å². The first-order chi connectivity index (χ1) is 13.5. The van der Waals surface area contributed by atoms with E-state index in [4.69, 9.17) is 15.2 Å². The molecule has 0 atom stereocenters. The van der Waals surface area contributed by atoms with Crippen molar-refractivity contribution < 1.29 is 14.3 Å². The summed E-state index contributed by atoms with van der Waals surface area (Å²) in [7, 11) is 5.08. The third-order valence-corrected chi connectivity index (χ3v) is 4.92. The van der Waals surface area contributed by atoms with Gasteiger partial charge in [-0.25, -0.2) is 0 Å². The molecule has 0 radical (unpaired) electrons. The minimum Gasteiger partial charge on any atom is -0.493 e. The van der Waals surface area contributed by atoms with Crippen LogP contribution in [0.1, 0.15) is 27.0 Å². The smallest absolute Gasteiger partial charge is 0.248 e. The van der Waals surface area contributed by atoms with Gasteiger partial charge in [-0.2, -0.15) is 0 Å². The predicted octanol–water partition coefficient (Wildman–Crippen LogP) is 1.94. The summed E-state index contributed by atoms with van der Waals surface area (Å²) in [5.41, 5.74) is 9.32. The summed E-state index contributed by atoms with van der Waals surface area (Å²) < 4.78 is 10.8. The highest BCUT2D eigenvalue weighted by molar-refractivity contribution is 5.92. The molecule has 1 heterocycles. The van der Waals surface area contributed by atoms with Gasteiger partial charge in [0.05, 0.1) is 14.2 Å². The zero-order chi connectivity index (χ0) is 20.1. The van der Waals surface area contributed by atoms with Crippen LogP contribution >= 0.6 is 0 Å². The molecule has 3 N–H and O–H groups in total. The Hall–Kier alpha value is -3.22. The maximum absolute atomic E-state index is 11.2. The van der Waals surface area contributed by atoms with Gasteiger partial charge in [-0.15, -0.1) is 0 Å². The maximum atomic E-state index is 11.2. The number of fused-ring (bicyclic) bond motifs is 1. The molecule has 28 heavy (non-hydrogen) atoms. The summed E-state index contributed by atoms with van der Waals surface area (Å²) in [6.07, 6.45) is 0.906. The summed E-state index contributed by atoms with van der Waals surface area (Å²) in [6.45, 7) is 2.22. The Labute approximate surface area is 165 Å². The van der Waals surface area contributed by atoms with Crippen LogP contribution in [-0.4, -0.2) is 44.6 Å². The van der Waals surface area contributed by atoms with Crippen molar-refractivity contribution in [3.05, 3.63) is 58.7 Å². The van der Waals surface area contributed by atoms with Crippen molar-refractivity contribution in [2.24, 2.45) is 10.7 Å². The van der Waals surface area contributed by atoms with Crippen LogP contribution in [0, 0.1) is 0 Å². The number of carbonyl (C=O) groups is 1. The third-order valence-electron chi connectivity index (χ3n) is 4.92. The van der Waals surface area contributed by atoms with Crippen molar-refractivity contribution in [2.75, 3.05) is 27.8 Å². The summed E-state index contributed by atoms with van der Waals surface area (Å²) in [6, 6.07) is 11.3. The second-order valence-electron chi connectivity index (χ2n) is 6.61. The van der Waals surface area contributed by atoms with Gasteiger partial charge in [0.15, 0.2) is 17.5 Å². The van der Waals surface area contributed by atoms with Gasteiger partial charge in [-0.3, -0.25) is 9.79 Å². The number of nitrogens with one attached hydrogen (secondary N) is 1. The molecule has 0 spiro atoms. The number of methoxy groups -OCH3 is 2. The number of nitrogens with two attached hydrogens (primary N) is 1. The van der Waals surface area contributed by atoms with Crippen molar-refractivity contribution in [1.29, 1.82) is 0 Å². The second-order valence-corrected chi connectivity index (χ2v) is 6.61. The van der Waals surface area contributed by atoms with Crippen LogP contribution in [0.3, 0.4) is 0 Å². The van der Waals surface area contributed by atoms with Gasteiger partial charge in [0.25, 0.3) is 0 Å². The monoisotopic (exact) mass is 382 g/mol. The van der Waals surface area contributed by atoms with E-state index in [1.807, 2.05) is 18.2 Å². The molecular formula is C21H26N4O3. The molecule has 2 aromatic carbocycles. The number of amides is 1. The first kappa shape index (κ1) is 19.5. The molecule has 7 heteroatoms. The number of guanidine groups is 1. The topological polar surface area (TPSA) is 89.2 Å². The van der Waals surface area contributed by atoms with Crippen LogP contribution < -0.4 is 20.5 Å². The fourth-order valence-electron chi connectivity index (χ4n) is 3.36. The van der Waals surface area contributed by atoms with Crippen molar-refractivity contribution in [1.82, 2.24) is 10.2 Å². The summed E-state index contributed by atoms with van der Waals surface area (Å²) in [5, 5.41) is 3.39. The number of primary amides is 1. The molecule has 0 saturated carbocycles. The summed E-state index contributed by atoms with van der Waals surface area (Å²) in [5.74, 6) is 1.91. The second kappa shape index (κ2) is 8.65. The normalized spacial score (nSPS) is 13.7. The van der Waals surface area contributed by atoms with Crippen molar-refractivity contribution in [2.45, 2.75) is 19.5 Å². The van der Waals surface area contributed by atoms with Crippen LogP contribution in [0.15, 0.2) is 41.4 Å². The zero-order valence-electron chi connectivity index (χ0n) is 16.5. The molecule has 1 aliphatic heterocycles. The average Bonchev–Trinajstić information content (AvgIpc) is 2.73. The highest BCUT2D eigenvalue weighted by Crippen LogP contribution is 2.33. The van der Waals surface area contributed by atoms with Gasteiger partial charge in [-0.1, -0.05) is 12.1 Å². The number of hydrogen-bond donors (Lipinski definition) is 2. The van der Waals surface area contributed by atoms with Crippen LogP contribution in [-0.2, 0) is 19.5 Å². The van der Waals surface area contributed by atoms with Crippen LogP contribution in [0.25, 0.3) is 0 Å². The Morgan fingerprint density at radius 1 is 1.14 bits per heavy atom. The number of rotatable bonds is 5. The summed E-state index contributed by atoms with van der Waals surface area (Å²) >= 11 is 0. The fourth-order valence-corrected chi connectivity index (χ4v) is 3.36. The van der Waals surface area contributed by atoms with Crippen LogP contribution in [0.4, 0.5) is 0 Å². The largest absolute Gasteiger partial charge is 0.493 e. The average molecular weight is 382 g/mol. The van der Waals surface area contributed by atoms with E-state index in [0.717, 1.165) is 42.5 Å². The van der Waals surface area contributed by atoms with Gasteiger partial charge in [-0.05, 0) is 47.4 Å². The van der Waals surface area contributed by atoms with E-state index in [1.165, 1.54) is 11.1 Å². The van der Waals surface area contributed by atoms with Gasteiger partial charge in [0.2, 0.25) is 5.91 Å². The lowest BCUT2D eigenvalue weighted by atomic mass is 9.99. The zero-order valence-corrected chi connectivity index (χ0v) is 16.5. The first-order valence-electron chi connectivity index (χ1n) is 9.13. The van der Waals surface area contributed by atoms with E-state index in [2.05, 4.69) is 21.3 Å². The molecule has 1 amide bonds. The molecule has 0 unspecified atom stereocenters. The number of hydrogen-bond acceptors (Lipinski definition) is 4. The van der Waals surface area contributed by atoms with Crippen LogP contribution in [0.5, 0.6) is 11.5 Å². The number of ether oxygens (including phenoxy) is 2. The van der Waals surface area contributed by atoms with Crippen molar-refractivity contribution in [3.8, 4) is 11.5 Å². The standard InChI is InChI=1S/C21H26N4O3/c1-23-21(24-12-14-4-6-15(7-5-14)20(22)26)25-9-8-16-10-18(27-2)19(28-3)11-17(16)13-25/h4-7,10-11H,8-9,12-13H2,1-3H3,(H2,22,26)(H,23,24). The molecule has 0 aromatic heterocycles. The molecule has 0 fully saturated rings. The highest BCUT2D eigenvalue weighted by atomic mass is 16.5. The first-order valence-corrected chi connectivity index (χ1v) is 9.13. The van der Waals surface area contributed by atoms with Gasteiger partial charge in [0, 0.05) is 32.2 Å². The number of nitrogens with zero attached hydrogens (tertiary/aromatic N) is 2. The van der Waals surface area contributed by atoms with E-state index >= 15 is 0 Å². The minimum absolute atomic E-state index is 0.422. The Bertz CT molecular complexity index is 878. The van der Waals surface area contributed by atoms with Gasteiger partial charge < -0.3 is 25.4 Å². The van der Waals surface area contributed by atoms with E-state index in [0.29, 0.717) is 12.1 Å². The molecule has 0 aliphatic carbocycles. The van der Waals surface area contributed by atoms with E-state index in [-0.39, 0.29) is 0 Å². The Morgan fingerprint density at radius 2 is 1.79 bits per heavy atom. The summed E-state index contributed by atoms with van der Waals surface area (Å²) in [4.78, 5) is 17.8. The highest BCUT2D eigenvalue weighted by Gasteiger charge is 2.21. The number of carbonyl (C=O) groups excluding carboxylic acids is 1. The molecule has 148 valence electrons. The lowest BCUT2D eigenvalue weighted by molar-refractivity contribution is 0.100. The SMILES string of the molecule is CN=C(NCc1ccc(C(N)=O)cc1)N1CCc2cc(OC)c(OC)cc2C1. The molecule has 7 nitrogen and oxygen atoms in total. The molecule has 3 rings (SSSR count). The molecule has 0 saturated heterocycles. The number of aliphatic imine (C=N–C) groups is 1. The van der Waals surface area contributed by atoms with Crippen LogP contribution in [0.2, 0.25) is 0 Å². The third kappa shape index (κ3) is 4.19. The molecular weight excluding hydrogens is 356 g/mol. The molecule has 2 aromatic rings. The Kier molecular flexibility index (Phi) is 6.03. The van der Waals surface area contributed by atoms with Crippen molar-refractivity contribution in [3.63, 3.8) is 0 Å².